The van der Waals surface area contributed by atoms with Crippen LogP contribution >= 0.6 is 11.8 Å². The van der Waals surface area contributed by atoms with Gasteiger partial charge >= 0.3 is 0 Å². The largest absolute Gasteiger partial charge is 0.271 e. The summed E-state index contributed by atoms with van der Waals surface area (Å²) in [7, 11) is 0. The normalized spacial score (nSPS) is 15.4. The zero-order chi connectivity index (χ0) is 34.9. The first-order chi connectivity index (χ1) is 25.5. The van der Waals surface area contributed by atoms with E-state index < -0.39 is 5.41 Å². The van der Waals surface area contributed by atoms with Gasteiger partial charge in [-0.3, -0.25) is 4.99 Å². The maximum absolute atomic E-state index is 5.02. The van der Waals surface area contributed by atoms with Gasteiger partial charge in [-0.2, -0.15) is 0 Å². The average Bonchev–Trinajstić information content (AvgIpc) is 3.72. The van der Waals surface area contributed by atoms with Crippen LogP contribution in [0.1, 0.15) is 41.7 Å². The Bertz CT molecular complexity index is 2650. The minimum absolute atomic E-state index is 0.0176. The van der Waals surface area contributed by atoms with E-state index in [9.17, 15) is 0 Å². The molecule has 0 radical (unpaired) electrons. The van der Waals surface area contributed by atoms with Crippen molar-refractivity contribution < 1.29 is 0 Å². The number of hydrogen-bond acceptors (Lipinski definition) is 2. The molecule has 0 atom stereocenters. The molecule has 1 heterocycles. The van der Waals surface area contributed by atoms with Gasteiger partial charge in [-0.05, 0) is 109 Å². The second-order valence-corrected chi connectivity index (χ2v) is 15.8. The number of nitrogens with zero attached hydrogens (tertiary/aromatic N) is 1. The number of fused-ring (bicyclic) bond motifs is 6. The van der Waals surface area contributed by atoms with E-state index in [1.54, 1.807) is 0 Å². The van der Waals surface area contributed by atoms with Crippen LogP contribution in [0.25, 0.3) is 54.9 Å². The van der Waals surface area contributed by atoms with Crippen LogP contribution in [-0.4, -0.2) is 16.3 Å². The lowest BCUT2D eigenvalue weighted by Crippen LogP contribution is -2.28. The van der Waals surface area contributed by atoms with Crippen LogP contribution in [0, 0.1) is 0 Å². The molecule has 248 valence electrons. The molecular formula is C50H37NS. The molecule has 0 saturated carbocycles. The summed E-state index contributed by atoms with van der Waals surface area (Å²) in [6.07, 6.45) is 0. The minimum atomic E-state index is -0.528. The van der Waals surface area contributed by atoms with E-state index in [1.165, 1.54) is 82.7 Å². The van der Waals surface area contributed by atoms with Gasteiger partial charge in [0, 0.05) is 11.3 Å². The Balaban J connectivity index is 1.26. The number of aliphatic imine (C=N–C) groups is 1. The third-order valence-electron chi connectivity index (χ3n) is 11.0. The van der Waals surface area contributed by atoms with E-state index in [2.05, 4.69) is 190 Å². The van der Waals surface area contributed by atoms with Gasteiger partial charge in [0.15, 0.2) is 0 Å². The van der Waals surface area contributed by atoms with Crippen molar-refractivity contribution in [3.05, 3.63) is 204 Å². The molecule has 1 aliphatic carbocycles. The topological polar surface area (TPSA) is 12.4 Å². The highest BCUT2D eigenvalue weighted by molar-refractivity contribution is 8.14. The van der Waals surface area contributed by atoms with Crippen molar-refractivity contribution in [2.24, 2.45) is 4.99 Å². The van der Waals surface area contributed by atoms with Gasteiger partial charge in [-0.25, -0.2) is 0 Å². The lowest BCUT2D eigenvalue weighted by Gasteiger charge is -2.34. The fourth-order valence-electron chi connectivity index (χ4n) is 8.66. The first-order valence-corrected chi connectivity index (χ1v) is 19.1. The first kappa shape index (κ1) is 31.1. The molecule has 8 aromatic rings. The summed E-state index contributed by atoms with van der Waals surface area (Å²) in [6.45, 7) is 4.43. The molecule has 0 amide bonds. The van der Waals surface area contributed by atoms with Crippen molar-refractivity contribution in [1.82, 2.24) is 0 Å². The lowest BCUT2D eigenvalue weighted by atomic mass is 9.67. The van der Waals surface area contributed by atoms with E-state index >= 15 is 0 Å². The summed E-state index contributed by atoms with van der Waals surface area (Å²) < 4.78 is 0. The number of hydrogen-bond donors (Lipinski definition) is 0. The maximum atomic E-state index is 5.02. The van der Waals surface area contributed by atoms with Gasteiger partial charge in [-0.15, -0.1) is 11.8 Å². The minimum Gasteiger partial charge on any atom is -0.271 e. The standard InChI is InChI=1S/C50H37NS/c1-49(2)32-52-48(51-49)35-24-22-34(23-25-35)44-31-46-47(42-20-12-11-19-41(42)44)43-28-27-38(37-26-21-33-13-9-10-14-36(33)29-37)30-45(43)50(46,39-15-5-3-6-16-39)40-17-7-4-8-18-40/h3-31H,32H2,1-2H3. The fourth-order valence-corrected chi connectivity index (χ4v) is 9.82. The van der Waals surface area contributed by atoms with Crippen LogP contribution in [0.3, 0.4) is 0 Å². The van der Waals surface area contributed by atoms with Crippen molar-refractivity contribution in [2.45, 2.75) is 24.8 Å². The molecule has 52 heavy (non-hydrogen) atoms. The molecule has 2 aliphatic rings. The second-order valence-electron chi connectivity index (χ2n) is 14.8. The summed E-state index contributed by atoms with van der Waals surface area (Å²) in [5, 5.41) is 6.20. The molecule has 2 heteroatoms. The fraction of sp³-hybridized carbons (Fsp3) is 0.100. The lowest BCUT2D eigenvalue weighted by molar-refractivity contribution is 0.605. The quantitative estimate of drug-likeness (QED) is 0.176. The van der Waals surface area contributed by atoms with Crippen molar-refractivity contribution >= 4 is 38.4 Å². The van der Waals surface area contributed by atoms with Gasteiger partial charge in [-0.1, -0.05) is 158 Å². The van der Waals surface area contributed by atoms with E-state index in [1.807, 2.05) is 11.8 Å². The number of rotatable bonds is 5. The molecule has 1 aliphatic heterocycles. The molecular weight excluding hydrogens is 647 g/mol. The predicted molar refractivity (Wildman–Crippen MR) is 223 cm³/mol. The highest BCUT2D eigenvalue weighted by Gasteiger charge is 2.47. The van der Waals surface area contributed by atoms with Crippen molar-refractivity contribution in [3.8, 4) is 33.4 Å². The highest BCUT2D eigenvalue weighted by atomic mass is 32.2. The predicted octanol–water partition coefficient (Wildman–Crippen LogP) is 13.0. The molecule has 8 aromatic carbocycles. The monoisotopic (exact) mass is 683 g/mol. The molecule has 1 nitrogen and oxygen atoms in total. The molecule has 0 N–H and O–H groups in total. The Morgan fingerprint density at radius 2 is 1.04 bits per heavy atom. The average molecular weight is 684 g/mol. The Morgan fingerprint density at radius 1 is 0.462 bits per heavy atom. The molecule has 0 aromatic heterocycles. The Morgan fingerprint density at radius 3 is 1.73 bits per heavy atom. The SMILES string of the molecule is CC1(C)CSC(c2ccc(-c3cc4c(c5ccccc35)-c3ccc(-c5ccc6ccccc6c5)cc3C4(c3ccccc3)c3ccccc3)cc2)=N1. The van der Waals surface area contributed by atoms with E-state index in [0.29, 0.717) is 0 Å². The molecule has 0 fully saturated rings. The number of thioether (sulfide) groups is 1. The van der Waals surface area contributed by atoms with Crippen LogP contribution in [-0.2, 0) is 5.41 Å². The van der Waals surface area contributed by atoms with Crippen LogP contribution < -0.4 is 0 Å². The van der Waals surface area contributed by atoms with E-state index in [4.69, 9.17) is 4.99 Å². The zero-order valence-corrected chi connectivity index (χ0v) is 30.1. The Kier molecular flexibility index (Phi) is 7.13. The summed E-state index contributed by atoms with van der Waals surface area (Å²) in [4.78, 5) is 5.02. The zero-order valence-electron chi connectivity index (χ0n) is 29.3. The van der Waals surface area contributed by atoms with Crippen molar-refractivity contribution in [3.63, 3.8) is 0 Å². The molecule has 0 unspecified atom stereocenters. The molecule has 0 saturated heterocycles. The van der Waals surface area contributed by atoms with Crippen LogP contribution in [0.4, 0.5) is 0 Å². The van der Waals surface area contributed by atoms with Crippen molar-refractivity contribution in [2.75, 3.05) is 5.75 Å². The van der Waals surface area contributed by atoms with E-state index in [0.717, 1.165) is 10.8 Å². The molecule has 0 spiro atoms. The number of benzene rings is 8. The van der Waals surface area contributed by atoms with Gasteiger partial charge < -0.3 is 0 Å². The van der Waals surface area contributed by atoms with Crippen LogP contribution in [0.2, 0.25) is 0 Å². The molecule has 0 bridgehead atoms. The summed E-state index contributed by atoms with van der Waals surface area (Å²) in [5.41, 5.74) is 13.4. The van der Waals surface area contributed by atoms with Crippen LogP contribution in [0.5, 0.6) is 0 Å². The van der Waals surface area contributed by atoms with Crippen molar-refractivity contribution in [1.29, 1.82) is 0 Å². The molecule has 10 rings (SSSR count). The summed E-state index contributed by atoms with van der Waals surface area (Å²) in [6, 6.07) is 65.6. The highest BCUT2D eigenvalue weighted by Crippen LogP contribution is 2.59. The first-order valence-electron chi connectivity index (χ1n) is 18.1. The van der Waals surface area contributed by atoms with Crippen LogP contribution in [0.15, 0.2) is 181 Å². The second kappa shape index (κ2) is 11.9. The van der Waals surface area contributed by atoms with Gasteiger partial charge in [0.05, 0.1) is 16.0 Å². The smallest absolute Gasteiger partial charge is 0.0984 e. The van der Waals surface area contributed by atoms with Gasteiger partial charge in [0.2, 0.25) is 0 Å². The Labute approximate surface area is 309 Å². The van der Waals surface area contributed by atoms with Gasteiger partial charge in [0.25, 0.3) is 0 Å². The van der Waals surface area contributed by atoms with Gasteiger partial charge in [0.1, 0.15) is 0 Å². The maximum Gasteiger partial charge on any atom is 0.0984 e. The Hall–Kier alpha value is -5.70. The summed E-state index contributed by atoms with van der Waals surface area (Å²) in [5.74, 6) is 1.02. The summed E-state index contributed by atoms with van der Waals surface area (Å²) >= 11 is 1.86. The third kappa shape index (κ3) is 4.82. The van der Waals surface area contributed by atoms with E-state index in [-0.39, 0.29) is 5.54 Å². The third-order valence-corrected chi connectivity index (χ3v) is 12.5.